The summed E-state index contributed by atoms with van der Waals surface area (Å²) in [7, 11) is 0. The number of likely N-dealkylation sites (tertiary alicyclic amines) is 1. The van der Waals surface area contributed by atoms with Gasteiger partial charge >= 0.3 is 0 Å². The second-order valence-corrected chi connectivity index (χ2v) is 9.73. The summed E-state index contributed by atoms with van der Waals surface area (Å²) in [6.45, 7) is 8.14. The lowest BCUT2D eigenvalue weighted by Crippen LogP contribution is -2.35. The van der Waals surface area contributed by atoms with Crippen molar-refractivity contribution in [3.63, 3.8) is 0 Å². The summed E-state index contributed by atoms with van der Waals surface area (Å²) in [5.41, 5.74) is 4.63. The zero-order valence-electron chi connectivity index (χ0n) is 17.7. The average molecular weight is 467 g/mol. The van der Waals surface area contributed by atoms with Crippen molar-refractivity contribution in [1.29, 1.82) is 0 Å². The van der Waals surface area contributed by atoms with Crippen LogP contribution in [-0.4, -0.2) is 38.8 Å². The highest BCUT2D eigenvalue weighted by molar-refractivity contribution is 9.10. The van der Waals surface area contributed by atoms with Crippen LogP contribution in [0.4, 0.5) is 0 Å². The summed E-state index contributed by atoms with van der Waals surface area (Å²) >= 11 is 3.60. The molecule has 0 aliphatic carbocycles. The Morgan fingerprint density at radius 3 is 2.50 bits per heavy atom. The van der Waals surface area contributed by atoms with Gasteiger partial charge in [0.15, 0.2) is 0 Å². The Hall–Kier alpha value is -2.47. The fourth-order valence-corrected chi connectivity index (χ4v) is 4.27. The number of rotatable bonds is 3. The van der Waals surface area contributed by atoms with E-state index in [1.807, 2.05) is 41.6 Å². The Morgan fingerprint density at radius 2 is 1.80 bits per heavy atom. The van der Waals surface area contributed by atoms with Crippen molar-refractivity contribution in [3.8, 4) is 22.6 Å². The first kappa shape index (κ1) is 20.8. The van der Waals surface area contributed by atoms with Crippen LogP contribution in [0.3, 0.4) is 0 Å². The summed E-state index contributed by atoms with van der Waals surface area (Å²) in [6.07, 6.45) is 7.05. The Kier molecular flexibility index (Phi) is 5.78. The fourth-order valence-electron chi connectivity index (χ4n) is 3.73. The smallest absolute Gasteiger partial charge is 0.254 e. The topological polar surface area (TPSA) is 61.9 Å². The van der Waals surface area contributed by atoms with Crippen molar-refractivity contribution in [1.82, 2.24) is 19.9 Å². The number of nitrogens with zero attached hydrogens (tertiary/aromatic N) is 3. The quantitative estimate of drug-likeness (QED) is 0.528. The molecular weight excluding hydrogens is 440 g/mol. The Labute approximate surface area is 186 Å². The number of hydrogen-bond acceptors (Lipinski definition) is 3. The van der Waals surface area contributed by atoms with Crippen molar-refractivity contribution in [2.24, 2.45) is 0 Å². The van der Waals surface area contributed by atoms with Crippen molar-refractivity contribution in [2.45, 2.75) is 45.4 Å². The molecule has 0 unspecified atom stereocenters. The lowest BCUT2D eigenvalue weighted by molar-refractivity contribution is 0.0723. The minimum absolute atomic E-state index is 0.0208. The molecule has 1 saturated heterocycles. The van der Waals surface area contributed by atoms with Crippen LogP contribution in [0.15, 0.2) is 47.2 Å². The van der Waals surface area contributed by atoms with Crippen LogP contribution in [0, 0.1) is 0 Å². The minimum atomic E-state index is -0.0208. The van der Waals surface area contributed by atoms with Crippen LogP contribution in [0.1, 0.15) is 56.1 Å². The molecule has 4 rings (SSSR count). The summed E-state index contributed by atoms with van der Waals surface area (Å²) in [5.74, 6) is 0.910. The van der Waals surface area contributed by atoms with E-state index in [1.165, 1.54) is 6.42 Å². The van der Waals surface area contributed by atoms with Crippen LogP contribution in [0.25, 0.3) is 22.6 Å². The number of benzene rings is 1. The first-order valence-corrected chi connectivity index (χ1v) is 11.2. The maximum Gasteiger partial charge on any atom is 0.254 e. The molecule has 1 amide bonds. The monoisotopic (exact) mass is 466 g/mol. The number of imidazole rings is 1. The van der Waals surface area contributed by atoms with Gasteiger partial charge in [0.25, 0.3) is 5.91 Å². The molecule has 0 spiro atoms. The zero-order chi connectivity index (χ0) is 21.3. The molecule has 1 aliphatic rings. The van der Waals surface area contributed by atoms with Crippen LogP contribution in [0.2, 0.25) is 0 Å². The molecule has 0 bridgehead atoms. The number of carbonyl (C=O) groups is 1. The average Bonchev–Trinajstić information content (AvgIpc) is 3.24. The number of aromatic amines is 1. The van der Waals surface area contributed by atoms with E-state index < -0.39 is 0 Å². The Bertz CT molecular complexity index is 1060. The molecule has 1 N–H and O–H groups in total. The molecule has 3 aromatic rings. The number of piperidine rings is 1. The van der Waals surface area contributed by atoms with E-state index in [9.17, 15) is 4.79 Å². The van der Waals surface area contributed by atoms with Crippen molar-refractivity contribution in [3.05, 3.63) is 58.5 Å². The number of halogens is 1. The van der Waals surface area contributed by atoms with Gasteiger partial charge in [0.05, 0.1) is 17.5 Å². The van der Waals surface area contributed by atoms with Crippen LogP contribution in [-0.2, 0) is 5.41 Å². The highest BCUT2D eigenvalue weighted by atomic mass is 79.9. The van der Waals surface area contributed by atoms with E-state index in [4.69, 9.17) is 0 Å². The van der Waals surface area contributed by atoms with Gasteiger partial charge in [-0.05, 0) is 59.5 Å². The van der Waals surface area contributed by atoms with Gasteiger partial charge < -0.3 is 9.88 Å². The fraction of sp³-hybridized carbons (Fsp3) is 0.375. The molecular formula is C24H27BrN4O. The lowest BCUT2D eigenvalue weighted by Gasteiger charge is -2.27. The van der Waals surface area contributed by atoms with Gasteiger partial charge in [0.2, 0.25) is 0 Å². The van der Waals surface area contributed by atoms with Gasteiger partial charge in [-0.3, -0.25) is 9.78 Å². The molecule has 1 aromatic carbocycles. The number of H-pyrrole nitrogens is 1. The third-order valence-electron chi connectivity index (χ3n) is 5.53. The third-order valence-corrected chi connectivity index (χ3v) is 6.19. The molecule has 2 aromatic heterocycles. The first-order valence-electron chi connectivity index (χ1n) is 10.4. The second kappa shape index (κ2) is 8.34. The molecule has 3 heterocycles. The van der Waals surface area contributed by atoms with Gasteiger partial charge in [-0.1, -0.05) is 26.8 Å². The molecule has 6 heteroatoms. The third kappa shape index (κ3) is 4.33. The van der Waals surface area contributed by atoms with E-state index in [1.54, 1.807) is 0 Å². The Balaban J connectivity index is 1.58. The zero-order valence-corrected chi connectivity index (χ0v) is 19.3. The minimum Gasteiger partial charge on any atom is -0.339 e. The highest BCUT2D eigenvalue weighted by Crippen LogP contribution is 2.29. The van der Waals surface area contributed by atoms with Crippen LogP contribution in [0.5, 0.6) is 0 Å². The van der Waals surface area contributed by atoms with Crippen LogP contribution >= 0.6 is 15.9 Å². The molecule has 30 heavy (non-hydrogen) atoms. The number of nitrogens with one attached hydrogen (secondary N) is 1. The first-order chi connectivity index (χ1) is 14.3. The number of amides is 1. The normalized spacial score (nSPS) is 14.7. The molecule has 5 nitrogen and oxygen atoms in total. The molecule has 156 valence electrons. The van der Waals surface area contributed by atoms with Gasteiger partial charge in [-0.25, -0.2) is 4.98 Å². The second-order valence-electron chi connectivity index (χ2n) is 8.87. The number of aromatic nitrogens is 3. The Morgan fingerprint density at radius 1 is 1.03 bits per heavy atom. The van der Waals surface area contributed by atoms with Gasteiger partial charge in [-0.15, -0.1) is 0 Å². The van der Waals surface area contributed by atoms with Gasteiger partial charge in [0, 0.05) is 46.0 Å². The van der Waals surface area contributed by atoms with Crippen molar-refractivity contribution >= 4 is 21.8 Å². The van der Waals surface area contributed by atoms with Gasteiger partial charge in [-0.2, -0.15) is 0 Å². The van der Waals surface area contributed by atoms with E-state index >= 15 is 0 Å². The predicted molar refractivity (Wildman–Crippen MR) is 123 cm³/mol. The highest BCUT2D eigenvalue weighted by Gasteiger charge is 2.21. The summed E-state index contributed by atoms with van der Waals surface area (Å²) in [4.78, 5) is 27.3. The SMILES string of the molecule is CC(C)(C)c1cc(-c2ncc(-c3ccc(C(=O)N4CCCCC4)c(Br)c3)[nH]2)ccn1. The van der Waals surface area contributed by atoms with E-state index in [0.29, 0.717) is 5.56 Å². The summed E-state index contributed by atoms with van der Waals surface area (Å²) < 4.78 is 0.811. The molecule has 0 atom stereocenters. The summed E-state index contributed by atoms with van der Waals surface area (Å²) in [6, 6.07) is 9.92. The molecule has 0 saturated carbocycles. The number of hydrogen-bond donors (Lipinski definition) is 1. The lowest BCUT2D eigenvalue weighted by atomic mass is 9.91. The van der Waals surface area contributed by atoms with Gasteiger partial charge in [0.1, 0.15) is 5.82 Å². The van der Waals surface area contributed by atoms with Crippen molar-refractivity contribution in [2.75, 3.05) is 13.1 Å². The standard InChI is InChI=1S/C24H27BrN4O/c1-24(2,3)21-14-17(9-10-26-21)22-27-15-20(28-22)16-7-8-18(19(25)13-16)23(30)29-11-5-4-6-12-29/h7-10,13-15H,4-6,11-12H2,1-3H3,(H,27,28). The summed E-state index contributed by atoms with van der Waals surface area (Å²) in [5, 5.41) is 0. The molecule has 0 radical (unpaired) electrons. The van der Waals surface area contributed by atoms with E-state index in [2.05, 4.69) is 57.7 Å². The van der Waals surface area contributed by atoms with Crippen molar-refractivity contribution < 1.29 is 4.79 Å². The molecule has 1 fully saturated rings. The maximum atomic E-state index is 12.8. The predicted octanol–water partition coefficient (Wildman–Crippen LogP) is 5.82. The van der Waals surface area contributed by atoms with E-state index in [0.717, 1.165) is 58.7 Å². The molecule has 1 aliphatic heterocycles. The van der Waals surface area contributed by atoms with Crippen LogP contribution < -0.4 is 0 Å². The maximum absolute atomic E-state index is 12.8. The number of carbonyl (C=O) groups excluding carboxylic acids is 1. The largest absolute Gasteiger partial charge is 0.339 e. The van der Waals surface area contributed by atoms with E-state index in [-0.39, 0.29) is 11.3 Å². The number of pyridine rings is 1.